The summed E-state index contributed by atoms with van der Waals surface area (Å²) < 4.78 is 61.4. The first-order valence-electron chi connectivity index (χ1n) is 12.6. The van der Waals surface area contributed by atoms with E-state index in [0.29, 0.717) is 22.1 Å². The summed E-state index contributed by atoms with van der Waals surface area (Å²) in [4.78, 5) is 24.3. The molecule has 4 rings (SSSR count). The average molecular weight is 643 g/mol. The summed E-state index contributed by atoms with van der Waals surface area (Å²) in [6, 6.07) is 23.2. The van der Waals surface area contributed by atoms with Crippen LogP contribution in [-0.2, 0) is 29.6 Å². The summed E-state index contributed by atoms with van der Waals surface area (Å²) in [7, 11) is -6.69. The highest BCUT2D eigenvalue weighted by Gasteiger charge is 2.27. The standard InChI is InChI=1S/C29H27ClN4O7S2/c1-20(35)31-22-9-17-28(18-10-22)43(39,40)34(25-11-13-26(41-2)14-12-25)19-29(36)32-23-7-15-27(16-8-23)42(37,38)33-24-5-3-21(30)4-6-24/h3-18,33H,19H2,1-2H3,(H,31,35)(H,32,36). The van der Waals surface area contributed by atoms with Crippen LogP contribution >= 0.6 is 11.6 Å². The lowest BCUT2D eigenvalue weighted by Crippen LogP contribution is -2.38. The van der Waals surface area contributed by atoms with E-state index in [-0.39, 0.29) is 27.1 Å². The Labute approximate surface area is 254 Å². The van der Waals surface area contributed by atoms with Gasteiger partial charge in [0.25, 0.3) is 20.0 Å². The molecule has 0 aliphatic heterocycles. The fourth-order valence-corrected chi connectivity index (χ4v) is 6.49. The van der Waals surface area contributed by atoms with E-state index >= 15 is 0 Å². The number of carbonyl (C=O) groups excluding carboxylic acids is 2. The highest BCUT2D eigenvalue weighted by atomic mass is 35.5. The number of carbonyl (C=O) groups is 2. The first kappa shape index (κ1) is 31.3. The van der Waals surface area contributed by atoms with E-state index in [1.165, 1.54) is 86.8 Å². The first-order chi connectivity index (χ1) is 20.4. The molecular formula is C29H27ClN4O7S2. The Bertz CT molecular complexity index is 1810. The van der Waals surface area contributed by atoms with Crippen molar-refractivity contribution in [2.75, 3.05) is 33.3 Å². The van der Waals surface area contributed by atoms with Crippen LogP contribution in [0.5, 0.6) is 5.75 Å². The quantitative estimate of drug-likeness (QED) is 0.210. The third-order valence-electron chi connectivity index (χ3n) is 5.96. The monoisotopic (exact) mass is 642 g/mol. The van der Waals surface area contributed by atoms with Crippen LogP contribution in [-0.4, -0.2) is 42.3 Å². The summed E-state index contributed by atoms with van der Waals surface area (Å²) in [6.07, 6.45) is 0. The van der Waals surface area contributed by atoms with Gasteiger partial charge in [-0.05, 0) is 97.1 Å². The van der Waals surface area contributed by atoms with E-state index in [9.17, 15) is 26.4 Å². The molecule has 43 heavy (non-hydrogen) atoms. The Morgan fingerprint density at radius 1 is 0.721 bits per heavy atom. The fourth-order valence-electron chi connectivity index (χ4n) is 3.88. The van der Waals surface area contributed by atoms with Crippen LogP contribution in [0.15, 0.2) is 107 Å². The number of hydrogen-bond donors (Lipinski definition) is 3. The molecule has 0 atom stereocenters. The van der Waals surface area contributed by atoms with Crippen molar-refractivity contribution in [1.29, 1.82) is 0 Å². The maximum atomic E-state index is 13.7. The summed E-state index contributed by atoms with van der Waals surface area (Å²) in [5.74, 6) is -0.495. The molecule has 14 heteroatoms. The SMILES string of the molecule is COc1ccc(N(CC(=O)Nc2ccc(S(=O)(=O)Nc3ccc(Cl)cc3)cc2)S(=O)(=O)c2ccc(NC(C)=O)cc2)cc1. The van der Waals surface area contributed by atoms with Crippen molar-refractivity contribution in [2.24, 2.45) is 0 Å². The second kappa shape index (κ2) is 13.2. The van der Waals surface area contributed by atoms with E-state index in [0.717, 1.165) is 4.31 Å². The number of amides is 2. The Balaban J connectivity index is 1.53. The molecular weight excluding hydrogens is 616 g/mol. The first-order valence-corrected chi connectivity index (χ1v) is 15.9. The Morgan fingerprint density at radius 3 is 1.77 bits per heavy atom. The lowest BCUT2D eigenvalue weighted by atomic mass is 10.3. The maximum absolute atomic E-state index is 13.7. The van der Waals surface area contributed by atoms with Gasteiger partial charge >= 0.3 is 0 Å². The number of anilines is 4. The largest absolute Gasteiger partial charge is 0.497 e. The third-order valence-corrected chi connectivity index (χ3v) is 9.39. The number of hydrogen-bond acceptors (Lipinski definition) is 7. The minimum absolute atomic E-state index is 0.0504. The average Bonchev–Trinajstić information content (AvgIpc) is 2.97. The molecule has 224 valence electrons. The lowest BCUT2D eigenvalue weighted by molar-refractivity contribution is -0.115. The minimum Gasteiger partial charge on any atom is -0.497 e. The van der Waals surface area contributed by atoms with Crippen LogP contribution in [0.25, 0.3) is 0 Å². The number of methoxy groups -OCH3 is 1. The van der Waals surface area contributed by atoms with Crippen LogP contribution in [0.1, 0.15) is 6.92 Å². The normalized spacial score (nSPS) is 11.3. The van der Waals surface area contributed by atoms with Crippen LogP contribution in [0.2, 0.25) is 5.02 Å². The summed E-state index contributed by atoms with van der Waals surface area (Å²) in [5, 5.41) is 5.64. The van der Waals surface area contributed by atoms with Crippen molar-refractivity contribution < 1.29 is 31.2 Å². The van der Waals surface area contributed by atoms with Gasteiger partial charge in [-0.15, -0.1) is 0 Å². The molecule has 0 aliphatic rings. The highest BCUT2D eigenvalue weighted by Crippen LogP contribution is 2.27. The maximum Gasteiger partial charge on any atom is 0.264 e. The highest BCUT2D eigenvalue weighted by molar-refractivity contribution is 7.93. The van der Waals surface area contributed by atoms with Gasteiger partial charge in [-0.3, -0.25) is 18.6 Å². The number of rotatable bonds is 11. The lowest BCUT2D eigenvalue weighted by Gasteiger charge is -2.24. The summed E-state index contributed by atoms with van der Waals surface area (Å²) >= 11 is 5.85. The van der Waals surface area contributed by atoms with Crippen molar-refractivity contribution in [3.05, 3.63) is 102 Å². The molecule has 2 amide bonds. The van der Waals surface area contributed by atoms with Gasteiger partial charge in [0, 0.05) is 29.0 Å². The second-order valence-corrected chi connectivity index (χ2v) is 13.1. The molecule has 0 saturated heterocycles. The molecule has 11 nitrogen and oxygen atoms in total. The number of nitrogens with zero attached hydrogens (tertiary/aromatic N) is 1. The number of benzene rings is 4. The van der Waals surface area contributed by atoms with Gasteiger partial charge in [-0.1, -0.05) is 11.6 Å². The number of ether oxygens (including phenoxy) is 1. The molecule has 3 N–H and O–H groups in total. The summed E-state index contributed by atoms with van der Waals surface area (Å²) in [5.41, 5.74) is 1.19. The zero-order chi connectivity index (χ0) is 31.2. The zero-order valence-electron chi connectivity index (χ0n) is 22.9. The van der Waals surface area contributed by atoms with Gasteiger partial charge < -0.3 is 15.4 Å². The molecule has 0 saturated carbocycles. The van der Waals surface area contributed by atoms with Gasteiger partial charge in [0.1, 0.15) is 12.3 Å². The number of nitrogens with one attached hydrogen (secondary N) is 3. The van der Waals surface area contributed by atoms with Crippen molar-refractivity contribution in [2.45, 2.75) is 16.7 Å². The molecule has 0 unspecified atom stereocenters. The minimum atomic E-state index is -4.24. The molecule has 0 aliphatic carbocycles. The predicted octanol–water partition coefficient (Wildman–Crippen LogP) is 4.94. The van der Waals surface area contributed by atoms with Crippen molar-refractivity contribution >= 4 is 66.2 Å². The second-order valence-electron chi connectivity index (χ2n) is 9.10. The predicted molar refractivity (Wildman–Crippen MR) is 166 cm³/mol. The van der Waals surface area contributed by atoms with Crippen LogP contribution in [0.4, 0.5) is 22.7 Å². The van der Waals surface area contributed by atoms with Crippen molar-refractivity contribution in [3.63, 3.8) is 0 Å². The van der Waals surface area contributed by atoms with E-state index in [2.05, 4.69) is 15.4 Å². The van der Waals surface area contributed by atoms with Crippen LogP contribution in [0.3, 0.4) is 0 Å². The number of halogens is 1. The molecule has 0 heterocycles. The number of sulfonamides is 2. The van der Waals surface area contributed by atoms with E-state index in [1.54, 1.807) is 24.3 Å². The molecule has 0 bridgehead atoms. The van der Waals surface area contributed by atoms with Gasteiger partial charge in [0.05, 0.1) is 22.6 Å². The molecule has 0 aromatic heterocycles. The van der Waals surface area contributed by atoms with Gasteiger partial charge in [0.15, 0.2) is 0 Å². The molecule has 4 aromatic carbocycles. The van der Waals surface area contributed by atoms with Gasteiger partial charge in [-0.2, -0.15) is 0 Å². The molecule has 0 radical (unpaired) electrons. The third kappa shape index (κ3) is 8.03. The molecule has 0 spiro atoms. The van der Waals surface area contributed by atoms with E-state index in [1.807, 2.05) is 0 Å². The van der Waals surface area contributed by atoms with E-state index < -0.39 is 32.5 Å². The van der Waals surface area contributed by atoms with Crippen LogP contribution in [0, 0.1) is 0 Å². The molecule has 0 fully saturated rings. The Hall–Kier alpha value is -4.59. The van der Waals surface area contributed by atoms with E-state index in [4.69, 9.17) is 16.3 Å². The fraction of sp³-hybridized carbons (Fsp3) is 0.103. The smallest absolute Gasteiger partial charge is 0.264 e. The zero-order valence-corrected chi connectivity index (χ0v) is 25.3. The van der Waals surface area contributed by atoms with Crippen molar-refractivity contribution in [3.8, 4) is 5.75 Å². The van der Waals surface area contributed by atoms with Gasteiger partial charge in [-0.25, -0.2) is 16.8 Å². The Kier molecular flexibility index (Phi) is 9.59. The Morgan fingerprint density at radius 2 is 1.23 bits per heavy atom. The van der Waals surface area contributed by atoms with Crippen molar-refractivity contribution in [1.82, 2.24) is 0 Å². The summed E-state index contributed by atoms with van der Waals surface area (Å²) in [6.45, 7) is 0.736. The van der Waals surface area contributed by atoms with Crippen LogP contribution < -0.4 is 24.4 Å². The van der Waals surface area contributed by atoms with Gasteiger partial charge in [0.2, 0.25) is 11.8 Å². The molecule has 4 aromatic rings. The topological polar surface area (TPSA) is 151 Å².